The Morgan fingerprint density at radius 3 is 2.54 bits per heavy atom. The Hall–Kier alpha value is -2.40. The van der Waals surface area contributed by atoms with E-state index in [1.54, 1.807) is 6.08 Å². The van der Waals surface area contributed by atoms with Gasteiger partial charge in [-0.25, -0.2) is 4.79 Å². The van der Waals surface area contributed by atoms with Crippen LogP contribution >= 0.6 is 15.9 Å². The highest BCUT2D eigenvalue weighted by Gasteiger charge is 2.07. The number of amides is 1. The molecule has 2 rings (SSSR count). The van der Waals surface area contributed by atoms with Crippen LogP contribution in [0.4, 0.5) is 5.69 Å². The topological polar surface area (TPSA) is 55.4 Å². The molecule has 0 saturated carbocycles. The standard InChI is InChI=1S/C19H18BrNO3/c1-13-3-4-14(2)17(11-13)21-18(22)12-24-19(23)10-7-15-5-8-16(20)9-6-15/h3-11H,12H2,1-2H3,(H,21,22)/b10-7+. The van der Waals surface area contributed by atoms with E-state index in [1.807, 2.05) is 56.3 Å². The highest BCUT2D eigenvalue weighted by atomic mass is 79.9. The maximum absolute atomic E-state index is 11.9. The Bertz CT molecular complexity index is 767. The predicted octanol–water partition coefficient (Wildman–Crippen LogP) is 4.26. The predicted molar refractivity (Wildman–Crippen MR) is 98.7 cm³/mol. The van der Waals surface area contributed by atoms with E-state index in [0.29, 0.717) is 0 Å². The minimum Gasteiger partial charge on any atom is -0.452 e. The molecule has 24 heavy (non-hydrogen) atoms. The van der Waals surface area contributed by atoms with E-state index in [1.165, 1.54) is 6.08 Å². The van der Waals surface area contributed by atoms with Crippen LogP contribution in [0.5, 0.6) is 0 Å². The molecule has 1 N–H and O–H groups in total. The molecule has 124 valence electrons. The zero-order valence-corrected chi connectivity index (χ0v) is 15.1. The molecule has 0 aromatic heterocycles. The number of esters is 1. The molecular formula is C19H18BrNO3. The summed E-state index contributed by atoms with van der Waals surface area (Å²) in [4.78, 5) is 23.5. The van der Waals surface area contributed by atoms with Crippen molar-refractivity contribution in [3.8, 4) is 0 Å². The SMILES string of the molecule is Cc1ccc(C)c(NC(=O)COC(=O)/C=C/c2ccc(Br)cc2)c1. The van der Waals surface area contributed by atoms with E-state index in [2.05, 4.69) is 21.2 Å². The Morgan fingerprint density at radius 2 is 1.83 bits per heavy atom. The fraction of sp³-hybridized carbons (Fsp3) is 0.158. The Kier molecular flexibility index (Phi) is 6.32. The highest BCUT2D eigenvalue weighted by molar-refractivity contribution is 9.10. The lowest BCUT2D eigenvalue weighted by Gasteiger charge is -2.09. The molecule has 2 aromatic rings. The van der Waals surface area contributed by atoms with Crippen molar-refractivity contribution in [2.75, 3.05) is 11.9 Å². The van der Waals surface area contributed by atoms with Crippen LogP contribution in [0, 0.1) is 13.8 Å². The van der Waals surface area contributed by atoms with Crippen LogP contribution in [0.25, 0.3) is 6.08 Å². The monoisotopic (exact) mass is 387 g/mol. The molecule has 5 heteroatoms. The first-order chi connectivity index (χ1) is 11.4. The number of aryl methyl sites for hydroxylation is 2. The quantitative estimate of drug-likeness (QED) is 0.615. The molecule has 0 aliphatic carbocycles. The van der Waals surface area contributed by atoms with Crippen LogP contribution in [0.3, 0.4) is 0 Å². The summed E-state index contributed by atoms with van der Waals surface area (Å²) in [6, 6.07) is 13.3. The summed E-state index contributed by atoms with van der Waals surface area (Å²) in [5.41, 5.74) is 3.59. The lowest BCUT2D eigenvalue weighted by molar-refractivity contribution is -0.142. The number of ether oxygens (including phenoxy) is 1. The van der Waals surface area contributed by atoms with Gasteiger partial charge in [0.1, 0.15) is 0 Å². The Labute approximate surface area is 149 Å². The van der Waals surface area contributed by atoms with Crippen LogP contribution in [0.1, 0.15) is 16.7 Å². The number of carbonyl (C=O) groups is 2. The van der Waals surface area contributed by atoms with Crippen LogP contribution in [0.15, 0.2) is 53.0 Å². The summed E-state index contributed by atoms with van der Waals surface area (Å²) in [7, 11) is 0. The molecule has 0 unspecified atom stereocenters. The van der Waals surface area contributed by atoms with E-state index < -0.39 is 5.97 Å². The van der Waals surface area contributed by atoms with Gasteiger partial charge in [0.25, 0.3) is 5.91 Å². The molecule has 0 heterocycles. The number of hydrogen-bond donors (Lipinski definition) is 1. The molecule has 0 aliphatic heterocycles. The van der Waals surface area contributed by atoms with Crippen LogP contribution in [-0.4, -0.2) is 18.5 Å². The minimum atomic E-state index is -0.561. The van der Waals surface area contributed by atoms with Gasteiger partial charge in [-0.2, -0.15) is 0 Å². The van der Waals surface area contributed by atoms with Crippen LogP contribution in [0.2, 0.25) is 0 Å². The second-order valence-corrected chi connectivity index (χ2v) is 6.27. The van der Waals surface area contributed by atoms with Crippen molar-refractivity contribution in [2.24, 2.45) is 0 Å². The Morgan fingerprint density at radius 1 is 1.12 bits per heavy atom. The maximum Gasteiger partial charge on any atom is 0.331 e. The molecule has 0 radical (unpaired) electrons. The maximum atomic E-state index is 11.9. The van der Waals surface area contributed by atoms with Crippen molar-refractivity contribution in [1.29, 1.82) is 0 Å². The smallest absolute Gasteiger partial charge is 0.331 e. The van der Waals surface area contributed by atoms with Gasteiger partial charge < -0.3 is 10.1 Å². The molecule has 0 atom stereocenters. The van der Waals surface area contributed by atoms with Crippen molar-refractivity contribution in [2.45, 2.75) is 13.8 Å². The van der Waals surface area contributed by atoms with Crippen LogP contribution in [-0.2, 0) is 14.3 Å². The van der Waals surface area contributed by atoms with E-state index in [-0.39, 0.29) is 12.5 Å². The van der Waals surface area contributed by atoms with E-state index in [4.69, 9.17) is 4.74 Å². The van der Waals surface area contributed by atoms with Gasteiger partial charge in [0.15, 0.2) is 6.61 Å². The van der Waals surface area contributed by atoms with Gasteiger partial charge in [0, 0.05) is 16.2 Å². The number of nitrogens with one attached hydrogen (secondary N) is 1. The van der Waals surface area contributed by atoms with Crippen LogP contribution < -0.4 is 5.32 Å². The zero-order valence-electron chi connectivity index (χ0n) is 13.5. The molecule has 1 amide bonds. The summed E-state index contributed by atoms with van der Waals surface area (Å²) in [5, 5.41) is 2.74. The van der Waals surface area contributed by atoms with Crippen molar-refractivity contribution in [3.05, 3.63) is 69.7 Å². The summed E-state index contributed by atoms with van der Waals surface area (Å²) < 4.78 is 5.91. The third-order valence-electron chi connectivity index (χ3n) is 3.29. The summed E-state index contributed by atoms with van der Waals surface area (Å²) >= 11 is 3.34. The van der Waals surface area contributed by atoms with Crippen molar-refractivity contribution in [3.63, 3.8) is 0 Å². The number of carbonyl (C=O) groups excluding carboxylic acids is 2. The largest absolute Gasteiger partial charge is 0.452 e. The van der Waals surface area contributed by atoms with Crippen molar-refractivity contribution < 1.29 is 14.3 Å². The number of hydrogen-bond acceptors (Lipinski definition) is 3. The minimum absolute atomic E-state index is 0.323. The van der Waals surface area contributed by atoms with Gasteiger partial charge in [0.05, 0.1) is 0 Å². The summed E-state index contributed by atoms with van der Waals surface area (Å²) in [6.45, 7) is 3.53. The third-order valence-corrected chi connectivity index (χ3v) is 3.82. The van der Waals surface area contributed by atoms with E-state index in [9.17, 15) is 9.59 Å². The molecular weight excluding hydrogens is 370 g/mol. The van der Waals surface area contributed by atoms with E-state index in [0.717, 1.165) is 26.9 Å². The number of rotatable bonds is 5. The molecule has 0 spiro atoms. The molecule has 0 bridgehead atoms. The van der Waals surface area contributed by atoms with Gasteiger partial charge >= 0.3 is 5.97 Å². The first-order valence-electron chi connectivity index (χ1n) is 7.41. The second-order valence-electron chi connectivity index (χ2n) is 5.36. The zero-order chi connectivity index (χ0) is 17.5. The summed E-state index contributed by atoms with van der Waals surface area (Å²) in [5.74, 6) is -0.928. The van der Waals surface area contributed by atoms with Crippen molar-refractivity contribution in [1.82, 2.24) is 0 Å². The number of halogens is 1. The molecule has 0 aliphatic rings. The summed E-state index contributed by atoms with van der Waals surface area (Å²) in [6.07, 6.45) is 2.94. The fourth-order valence-electron chi connectivity index (χ4n) is 1.98. The molecule has 0 saturated heterocycles. The Balaban J connectivity index is 1.83. The molecule has 2 aromatic carbocycles. The normalized spacial score (nSPS) is 10.6. The number of benzene rings is 2. The van der Waals surface area contributed by atoms with Gasteiger partial charge in [0.2, 0.25) is 0 Å². The second kappa shape index (κ2) is 8.45. The molecule has 0 fully saturated rings. The highest BCUT2D eigenvalue weighted by Crippen LogP contribution is 2.16. The first-order valence-corrected chi connectivity index (χ1v) is 8.21. The van der Waals surface area contributed by atoms with Gasteiger partial charge in [-0.1, -0.05) is 40.2 Å². The van der Waals surface area contributed by atoms with Gasteiger partial charge in [-0.3, -0.25) is 4.79 Å². The lowest BCUT2D eigenvalue weighted by atomic mass is 10.1. The number of anilines is 1. The third kappa shape index (κ3) is 5.66. The lowest BCUT2D eigenvalue weighted by Crippen LogP contribution is -2.20. The first kappa shape index (κ1) is 17.9. The van der Waals surface area contributed by atoms with Gasteiger partial charge in [-0.15, -0.1) is 0 Å². The average molecular weight is 388 g/mol. The van der Waals surface area contributed by atoms with Gasteiger partial charge in [-0.05, 0) is 54.8 Å². The molecule has 4 nitrogen and oxygen atoms in total. The fourth-order valence-corrected chi connectivity index (χ4v) is 2.24. The van der Waals surface area contributed by atoms with Crippen molar-refractivity contribution >= 4 is 39.6 Å². The average Bonchev–Trinajstić information content (AvgIpc) is 2.56. The van der Waals surface area contributed by atoms with E-state index >= 15 is 0 Å².